The van der Waals surface area contributed by atoms with Gasteiger partial charge < -0.3 is 0 Å². The van der Waals surface area contributed by atoms with Crippen LogP contribution < -0.4 is 5.32 Å². The molecule has 0 aromatic heterocycles. The largest absolute Gasteiger partial charge is 0.328 e. The maximum atomic E-state index is 12.7. The zero-order valence-corrected chi connectivity index (χ0v) is 14.1. The van der Waals surface area contributed by atoms with Gasteiger partial charge in [-0.05, 0) is 11.1 Å². The molecule has 1 atom stereocenters. The number of amides is 3. The number of rotatable bonds is 3. The highest BCUT2D eigenvalue weighted by Crippen LogP contribution is 2.34. The number of carbonyl (C=O) groups is 2. The summed E-state index contributed by atoms with van der Waals surface area (Å²) in [6, 6.07) is 19.2. The molecule has 0 bridgehead atoms. The van der Waals surface area contributed by atoms with Crippen LogP contribution in [0.4, 0.5) is 4.79 Å². The van der Waals surface area contributed by atoms with Gasteiger partial charge in [0.15, 0.2) is 0 Å². The minimum Gasteiger partial charge on any atom is -0.292 e. The van der Waals surface area contributed by atoms with Crippen molar-refractivity contribution in [3.05, 3.63) is 102 Å². The Balaban J connectivity index is 1.87. The second-order valence-corrected chi connectivity index (χ2v) is 6.25. The Kier molecular flexibility index (Phi) is 4.23. The normalized spacial score (nSPS) is 19.2. The van der Waals surface area contributed by atoms with Crippen LogP contribution in [-0.4, -0.2) is 16.8 Å². The van der Waals surface area contributed by atoms with Gasteiger partial charge in [-0.2, -0.15) is 0 Å². The number of benzene rings is 2. The third kappa shape index (κ3) is 2.97. The predicted molar refractivity (Wildman–Crippen MR) is 101 cm³/mol. The average molecular weight is 342 g/mol. The molecule has 128 valence electrons. The van der Waals surface area contributed by atoms with E-state index in [-0.39, 0.29) is 11.9 Å². The Hall–Kier alpha value is -3.40. The van der Waals surface area contributed by atoms with Gasteiger partial charge in [-0.1, -0.05) is 85.0 Å². The Bertz CT molecular complexity index is 927. The van der Waals surface area contributed by atoms with Gasteiger partial charge >= 0.3 is 6.03 Å². The van der Waals surface area contributed by atoms with Gasteiger partial charge in [-0.15, -0.1) is 0 Å². The molecule has 1 aliphatic heterocycles. The number of allylic oxidation sites excluding steroid dienone is 4. The third-order valence-electron chi connectivity index (χ3n) is 4.56. The summed E-state index contributed by atoms with van der Waals surface area (Å²) in [5.74, 6) is -0.788. The lowest BCUT2D eigenvalue weighted by atomic mass is 9.93. The van der Waals surface area contributed by atoms with E-state index in [1.165, 1.54) is 0 Å². The monoisotopic (exact) mass is 342 g/mol. The number of carbonyl (C=O) groups excluding carboxylic acids is 2. The van der Waals surface area contributed by atoms with Crippen molar-refractivity contribution >= 4 is 17.5 Å². The van der Waals surface area contributed by atoms with Crippen molar-refractivity contribution in [1.29, 1.82) is 0 Å². The maximum Gasteiger partial charge on any atom is 0.328 e. The fourth-order valence-corrected chi connectivity index (χ4v) is 3.34. The summed E-state index contributed by atoms with van der Waals surface area (Å²) in [6.45, 7) is 0.407. The smallest absolute Gasteiger partial charge is 0.292 e. The zero-order valence-electron chi connectivity index (χ0n) is 14.1. The number of hydrogen-bond acceptors (Lipinski definition) is 2. The van der Waals surface area contributed by atoms with Crippen LogP contribution in [0.1, 0.15) is 11.1 Å². The molecule has 1 fully saturated rings. The second-order valence-electron chi connectivity index (χ2n) is 6.25. The summed E-state index contributed by atoms with van der Waals surface area (Å²) in [5.41, 5.74) is 3.60. The number of imide groups is 1. The van der Waals surface area contributed by atoms with Crippen LogP contribution in [0.15, 0.2) is 90.7 Å². The molecule has 1 N–H and O–H groups in total. The molecule has 1 saturated heterocycles. The number of hydrogen-bond donors (Lipinski definition) is 1. The van der Waals surface area contributed by atoms with E-state index in [0.717, 1.165) is 22.4 Å². The standard InChI is InChI=1S/C22H18N2O2/c25-21-19-14-8-7-13-18(17-11-5-2-6-12-17)20(19)24(22(26)23-21)15-16-9-3-1-4-10-16/h1-14,19H,15H2,(H,23,25,26). The fraction of sp³-hybridized carbons (Fsp3) is 0.0909. The number of fused-ring (bicyclic) bond motifs is 1. The molecular weight excluding hydrogens is 324 g/mol. The van der Waals surface area contributed by atoms with Crippen molar-refractivity contribution in [1.82, 2.24) is 10.2 Å². The Morgan fingerprint density at radius 1 is 0.885 bits per heavy atom. The molecule has 2 aromatic rings. The number of urea groups is 1. The van der Waals surface area contributed by atoms with E-state index in [1.54, 1.807) is 4.90 Å². The van der Waals surface area contributed by atoms with Gasteiger partial charge in [0.2, 0.25) is 5.91 Å². The van der Waals surface area contributed by atoms with E-state index in [2.05, 4.69) is 5.32 Å². The van der Waals surface area contributed by atoms with Crippen LogP contribution in [0.25, 0.3) is 5.57 Å². The van der Waals surface area contributed by atoms with Gasteiger partial charge in [0.05, 0.1) is 12.5 Å². The summed E-state index contributed by atoms with van der Waals surface area (Å²) >= 11 is 0. The van der Waals surface area contributed by atoms with Crippen molar-refractivity contribution in [2.24, 2.45) is 5.92 Å². The van der Waals surface area contributed by atoms with Gasteiger partial charge in [-0.3, -0.25) is 15.0 Å². The highest BCUT2D eigenvalue weighted by Gasteiger charge is 2.37. The van der Waals surface area contributed by atoms with E-state index >= 15 is 0 Å². The maximum absolute atomic E-state index is 12.7. The third-order valence-corrected chi connectivity index (χ3v) is 4.56. The van der Waals surface area contributed by atoms with Gasteiger partial charge in [0.1, 0.15) is 0 Å². The summed E-state index contributed by atoms with van der Waals surface area (Å²) in [5, 5.41) is 2.48. The first kappa shape index (κ1) is 16.1. The van der Waals surface area contributed by atoms with Crippen LogP contribution in [0.3, 0.4) is 0 Å². The highest BCUT2D eigenvalue weighted by molar-refractivity contribution is 6.04. The molecular formula is C22H18N2O2. The fourth-order valence-electron chi connectivity index (χ4n) is 3.34. The van der Waals surface area contributed by atoms with Crippen LogP contribution in [0, 0.1) is 5.92 Å². The molecule has 4 nitrogen and oxygen atoms in total. The lowest BCUT2D eigenvalue weighted by Crippen LogP contribution is -2.52. The molecule has 0 radical (unpaired) electrons. The summed E-state index contributed by atoms with van der Waals surface area (Å²) < 4.78 is 0. The average Bonchev–Trinajstić information content (AvgIpc) is 2.90. The van der Waals surface area contributed by atoms with Crippen molar-refractivity contribution in [2.75, 3.05) is 0 Å². The van der Waals surface area contributed by atoms with Gasteiger partial charge in [-0.25, -0.2) is 4.79 Å². The Labute approximate surface area is 152 Å². The number of nitrogens with zero attached hydrogens (tertiary/aromatic N) is 1. The summed E-state index contributed by atoms with van der Waals surface area (Å²) in [7, 11) is 0. The number of nitrogens with one attached hydrogen (secondary N) is 1. The molecule has 0 spiro atoms. The molecule has 1 heterocycles. The van der Waals surface area contributed by atoms with E-state index in [1.807, 2.05) is 85.0 Å². The first-order valence-electron chi connectivity index (χ1n) is 8.55. The van der Waals surface area contributed by atoms with Crippen LogP contribution in [0.5, 0.6) is 0 Å². The van der Waals surface area contributed by atoms with Crippen molar-refractivity contribution in [3.63, 3.8) is 0 Å². The van der Waals surface area contributed by atoms with Gasteiger partial charge in [0, 0.05) is 11.3 Å². The molecule has 4 heteroatoms. The Morgan fingerprint density at radius 2 is 1.58 bits per heavy atom. The predicted octanol–water partition coefficient (Wildman–Crippen LogP) is 3.89. The first-order valence-corrected chi connectivity index (χ1v) is 8.55. The minimum absolute atomic E-state index is 0.289. The highest BCUT2D eigenvalue weighted by atomic mass is 16.2. The van der Waals surface area contributed by atoms with Crippen molar-refractivity contribution in [3.8, 4) is 0 Å². The zero-order chi connectivity index (χ0) is 17.9. The molecule has 2 aliphatic rings. The summed E-state index contributed by atoms with van der Waals surface area (Å²) in [6.07, 6.45) is 7.56. The van der Waals surface area contributed by atoms with E-state index in [4.69, 9.17) is 0 Å². The lowest BCUT2D eigenvalue weighted by Gasteiger charge is -2.35. The minimum atomic E-state index is -0.499. The van der Waals surface area contributed by atoms with Crippen LogP contribution in [0.2, 0.25) is 0 Å². The molecule has 26 heavy (non-hydrogen) atoms. The molecule has 1 unspecified atom stereocenters. The Morgan fingerprint density at radius 3 is 2.31 bits per heavy atom. The molecule has 2 aromatic carbocycles. The second kappa shape index (κ2) is 6.84. The van der Waals surface area contributed by atoms with Gasteiger partial charge in [0.25, 0.3) is 0 Å². The van der Waals surface area contributed by atoms with Crippen LogP contribution in [-0.2, 0) is 11.3 Å². The lowest BCUT2D eigenvalue weighted by molar-refractivity contribution is -0.123. The SMILES string of the molecule is O=C1NC(=O)N(Cc2ccccc2)C2=C(c3ccccc3)C=CC=CC12. The summed E-state index contributed by atoms with van der Waals surface area (Å²) in [4.78, 5) is 26.8. The molecule has 1 aliphatic carbocycles. The molecule has 0 saturated carbocycles. The van der Waals surface area contributed by atoms with Crippen molar-refractivity contribution in [2.45, 2.75) is 6.54 Å². The van der Waals surface area contributed by atoms with Crippen LogP contribution >= 0.6 is 0 Å². The van der Waals surface area contributed by atoms with Crippen molar-refractivity contribution < 1.29 is 9.59 Å². The van der Waals surface area contributed by atoms with E-state index in [9.17, 15) is 9.59 Å². The quantitative estimate of drug-likeness (QED) is 0.920. The van der Waals surface area contributed by atoms with E-state index < -0.39 is 5.92 Å². The first-order chi connectivity index (χ1) is 12.7. The van der Waals surface area contributed by atoms with E-state index in [0.29, 0.717) is 6.54 Å². The molecule has 4 rings (SSSR count). The topological polar surface area (TPSA) is 49.4 Å². The molecule has 3 amide bonds.